The Hall–Kier alpha value is -2.37. The number of aryl methyl sites for hydroxylation is 2. The second kappa shape index (κ2) is 5.55. The number of carbonyl (C=O) groups is 1. The van der Waals surface area contributed by atoms with Crippen molar-refractivity contribution in [3.05, 3.63) is 35.2 Å². The molecule has 0 saturated carbocycles. The predicted molar refractivity (Wildman–Crippen MR) is 76.2 cm³/mol. The molecular weight excluding hydrogens is 270 g/mol. The lowest BCUT2D eigenvalue weighted by Crippen LogP contribution is -2.28. The molecule has 3 rings (SSSR count). The van der Waals surface area contributed by atoms with E-state index >= 15 is 0 Å². The van der Waals surface area contributed by atoms with Gasteiger partial charge in [-0.15, -0.1) is 0 Å². The monoisotopic (exact) mass is 287 g/mol. The maximum Gasteiger partial charge on any atom is 0.328 e. The van der Waals surface area contributed by atoms with Crippen molar-refractivity contribution in [3.63, 3.8) is 0 Å². The van der Waals surface area contributed by atoms with Gasteiger partial charge in [-0.3, -0.25) is 10.1 Å². The van der Waals surface area contributed by atoms with E-state index in [0.717, 1.165) is 25.0 Å². The van der Waals surface area contributed by atoms with Gasteiger partial charge in [0.25, 0.3) is 0 Å². The van der Waals surface area contributed by atoms with Crippen molar-refractivity contribution < 1.29 is 14.1 Å². The van der Waals surface area contributed by atoms with Crippen LogP contribution in [0.2, 0.25) is 0 Å². The highest BCUT2D eigenvalue weighted by Crippen LogP contribution is 2.29. The number of hydrogen-bond acceptors (Lipinski definition) is 5. The van der Waals surface area contributed by atoms with E-state index in [0.29, 0.717) is 5.82 Å². The number of nitrogens with zero attached hydrogens (tertiary/aromatic N) is 2. The lowest BCUT2D eigenvalue weighted by atomic mass is 9.83. The summed E-state index contributed by atoms with van der Waals surface area (Å²) in [5, 5.41) is 6.34. The Kier molecular flexibility index (Phi) is 3.60. The first-order chi connectivity index (χ1) is 10.2. The first-order valence-electron chi connectivity index (χ1n) is 6.92. The molecule has 0 spiro atoms. The molecule has 21 heavy (non-hydrogen) atoms. The molecule has 1 aliphatic rings. The topological polar surface area (TPSA) is 77.2 Å². The van der Waals surface area contributed by atoms with Crippen LogP contribution in [0.4, 0.5) is 6.01 Å². The second-order valence-corrected chi connectivity index (χ2v) is 5.21. The first kappa shape index (κ1) is 13.6. The molecule has 0 aliphatic heterocycles. The molecule has 1 N–H and O–H groups in total. The third-order valence-corrected chi connectivity index (χ3v) is 3.77. The van der Waals surface area contributed by atoms with E-state index in [1.165, 1.54) is 11.1 Å². The van der Waals surface area contributed by atoms with Crippen molar-refractivity contribution in [1.29, 1.82) is 0 Å². The highest BCUT2D eigenvalue weighted by Gasteiger charge is 2.26. The number of nitrogens with one attached hydrogen (secondary N) is 1. The third kappa shape index (κ3) is 2.89. The molecule has 1 aromatic heterocycles. The van der Waals surface area contributed by atoms with Gasteiger partial charge in [0.1, 0.15) is 5.75 Å². The molecule has 110 valence electrons. The van der Waals surface area contributed by atoms with Crippen molar-refractivity contribution in [1.82, 2.24) is 10.1 Å². The van der Waals surface area contributed by atoms with Gasteiger partial charge in [-0.25, -0.2) is 0 Å². The average molecular weight is 287 g/mol. The minimum absolute atomic E-state index is 0.0693. The fourth-order valence-electron chi connectivity index (χ4n) is 2.64. The number of carbonyl (C=O) groups excluding carboxylic acids is 1. The number of anilines is 1. The fourth-order valence-corrected chi connectivity index (χ4v) is 2.64. The highest BCUT2D eigenvalue weighted by atomic mass is 16.5. The molecule has 1 amide bonds. The molecule has 1 heterocycles. The fraction of sp³-hybridized carbons (Fsp3) is 0.400. The summed E-state index contributed by atoms with van der Waals surface area (Å²) < 4.78 is 10.1. The van der Waals surface area contributed by atoms with Gasteiger partial charge in [-0.1, -0.05) is 11.2 Å². The predicted octanol–water partition coefficient (Wildman–Crippen LogP) is 2.13. The summed E-state index contributed by atoms with van der Waals surface area (Å²) >= 11 is 0. The molecular formula is C15H17N3O3. The van der Waals surface area contributed by atoms with Gasteiger partial charge in [-0.2, -0.15) is 4.98 Å². The number of fused-ring (bicyclic) bond motifs is 1. The van der Waals surface area contributed by atoms with Gasteiger partial charge in [0.2, 0.25) is 5.91 Å². The molecule has 0 saturated heterocycles. The average Bonchev–Trinajstić information content (AvgIpc) is 2.91. The van der Waals surface area contributed by atoms with E-state index in [2.05, 4.69) is 15.5 Å². The van der Waals surface area contributed by atoms with E-state index in [1.54, 1.807) is 14.0 Å². The summed E-state index contributed by atoms with van der Waals surface area (Å²) in [4.78, 5) is 16.2. The standard InChI is InChI=1S/C15H17N3O3/c1-9-16-15(21-18-9)17-14(19)12-4-3-11-8-13(20-2)6-5-10(11)7-12/h5-6,8,12H,3-4,7H2,1-2H3,(H,16,17,18,19). The van der Waals surface area contributed by atoms with Crippen LogP contribution in [0, 0.1) is 12.8 Å². The maximum absolute atomic E-state index is 12.2. The molecule has 2 aromatic rings. The zero-order chi connectivity index (χ0) is 14.8. The Labute approximate surface area is 122 Å². The van der Waals surface area contributed by atoms with Crippen molar-refractivity contribution >= 4 is 11.9 Å². The molecule has 1 atom stereocenters. The number of aromatic nitrogens is 2. The number of ether oxygens (including phenoxy) is 1. The molecule has 0 radical (unpaired) electrons. The van der Waals surface area contributed by atoms with Crippen molar-refractivity contribution in [3.8, 4) is 5.75 Å². The van der Waals surface area contributed by atoms with Crippen LogP contribution in [0.1, 0.15) is 23.4 Å². The quantitative estimate of drug-likeness (QED) is 0.935. The second-order valence-electron chi connectivity index (χ2n) is 5.21. The molecule has 6 nitrogen and oxygen atoms in total. The Morgan fingerprint density at radius 2 is 2.29 bits per heavy atom. The lowest BCUT2D eigenvalue weighted by molar-refractivity contribution is -0.120. The van der Waals surface area contributed by atoms with E-state index in [-0.39, 0.29) is 17.8 Å². The summed E-state index contributed by atoms with van der Waals surface area (Å²) in [5.74, 6) is 1.22. The van der Waals surface area contributed by atoms with E-state index in [4.69, 9.17) is 9.26 Å². The van der Waals surface area contributed by atoms with Gasteiger partial charge in [0, 0.05) is 5.92 Å². The maximum atomic E-state index is 12.2. The Balaban J connectivity index is 1.69. The van der Waals surface area contributed by atoms with Gasteiger partial charge in [0.15, 0.2) is 5.82 Å². The minimum atomic E-state index is -0.0712. The van der Waals surface area contributed by atoms with Gasteiger partial charge >= 0.3 is 6.01 Å². The molecule has 0 fully saturated rings. The van der Waals surface area contributed by atoms with Gasteiger partial charge < -0.3 is 9.26 Å². The summed E-state index contributed by atoms with van der Waals surface area (Å²) in [7, 11) is 1.66. The van der Waals surface area contributed by atoms with Gasteiger partial charge in [-0.05, 0) is 49.4 Å². The normalized spacial score (nSPS) is 17.1. The zero-order valence-corrected chi connectivity index (χ0v) is 12.0. The lowest BCUT2D eigenvalue weighted by Gasteiger charge is -2.23. The molecule has 1 aliphatic carbocycles. The SMILES string of the molecule is COc1ccc2c(c1)CCC(C(=O)Nc1nc(C)no1)C2. The Morgan fingerprint density at radius 3 is 3.00 bits per heavy atom. The number of amides is 1. The van der Waals surface area contributed by atoms with Crippen molar-refractivity contribution in [2.75, 3.05) is 12.4 Å². The number of methoxy groups -OCH3 is 1. The van der Waals surface area contributed by atoms with E-state index in [1.807, 2.05) is 18.2 Å². The van der Waals surface area contributed by atoms with Crippen LogP contribution < -0.4 is 10.1 Å². The molecule has 1 aromatic carbocycles. The van der Waals surface area contributed by atoms with Crippen LogP contribution in [0.5, 0.6) is 5.75 Å². The molecule has 0 bridgehead atoms. The number of rotatable bonds is 3. The van der Waals surface area contributed by atoms with Crippen molar-refractivity contribution in [2.24, 2.45) is 5.92 Å². The van der Waals surface area contributed by atoms with Crippen LogP contribution in [-0.4, -0.2) is 23.2 Å². The van der Waals surface area contributed by atoms with E-state index < -0.39 is 0 Å². The number of hydrogen-bond donors (Lipinski definition) is 1. The summed E-state index contributed by atoms with van der Waals surface area (Å²) in [5.41, 5.74) is 2.45. The van der Waals surface area contributed by atoms with Gasteiger partial charge in [0.05, 0.1) is 7.11 Å². The zero-order valence-electron chi connectivity index (χ0n) is 12.0. The summed E-state index contributed by atoms with van der Waals surface area (Å²) in [6.45, 7) is 1.71. The van der Waals surface area contributed by atoms with Crippen LogP contribution in [0.3, 0.4) is 0 Å². The Morgan fingerprint density at radius 1 is 1.43 bits per heavy atom. The summed E-state index contributed by atoms with van der Waals surface area (Å²) in [6, 6.07) is 6.17. The number of benzene rings is 1. The molecule has 6 heteroatoms. The Bertz CT molecular complexity index is 666. The van der Waals surface area contributed by atoms with Crippen LogP contribution >= 0.6 is 0 Å². The van der Waals surface area contributed by atoms with Crippen LogP contribution in [0.15, 0.2) is 22.7 Å². The van der Waals surface area contributed by atoms with Crippen LogP contribution in [0.25, 0.3) is 0 Å². The summed E-state index contributed by atoms with van der Waals surface area (Å²) in [6.07, 6.45) is 2.39. The van der Waals surface area contributed by atoms with Crippen molar-refractivity contribution in [2.45, 2.75) is 26.2 Å². The third-order valence-electron chi connectivity index (χ3n) is 3.77. The molecule has 1 unspecified atom stereocenters. The minimum Gasteiger partial charge on any atom is -0.497 e. The van der Waals surface area contributed by atoms with E-state index in [9.17, 15) is 4.79 Å². The largest absolute Gasteiger partial charge is 0.497 e. The highest BCUT2D eigenvalue weighted by molar-refractivity contribution is 5.91. The first-order valence-corrected chi connectivity index (χ1v) is 6.92. The smallest absolute Gasteiger partial charge is 0.328 e. The van der Waals surface area contributed by atoms with Crippen LogP contribution in [-0.2, 0) is 17.6 Å².